The number of amides is 2. The summed E-state index contributed by atoms with van der Waals surface area (Å²) in [6, 6.07) is 18.2. The van der Waals surface area contributed by atoms with E-state index < -0.39 is 28.5 Å². The van der Waals surface area contributed by atoms with Gasteiger partial charge in [-0.3, -0.25) is 13.9 Å². The third kappa shape index (κ3) is 8.86. The van der Waals surface area contributed by atoms with Gasteiger partial charge in [-0.05, 0) is 61.7 Å². The molecule has 1 atom stereocenters. The average Bonchev–Trinajstić information content (AvgIpc) is 2.90. The first-order valence-corrected chi connectivity index (χ1v) is 15.6. The van der Waals surface area contributed by atoms with Crippen LogP contribution in [0.3, 0.4) is 0 Å². The lowest BCUT2D eigenvalue weighted by Gasteiger charge is -2.34. The Morgan fingerprint density at radius 1 is 0.951 bits per heavy atom. The summed E-state index contributed by atoms with van der Waals surface area (Å²) >= 11 is 12.4. The number of nitrogens with one attached hydrogen (secondary N) is 1. The molecule has 0 aliphatic rings. The van der Waals surface area contributed by atoms with Crippen LogP contribution in [0, 0.1) is 6.92 Å². The molecule has 0 aliphatic carbocycles. The minimum absolute atomic E-state index is 0.0126. The van der Waals surface area contributed by atoms with E-state index in [1.165, 1.54) is 12.0 Å². The summed E-state index contributed by atoms with van der Waals surface area (Å²) in [6.45, 7) is 4.91. The van der Waals surface area contributed by atoms with Gasteiger partial charge in [0.25, 0.3) is 0 Å². The molecule has 8 nitrogen and oxygen atoms in total. The maximum absolute atomic E-state index is 14.2. The third-order valence-corrected chi connectivity index (χ3v) is 8.19. The quantitative estimate of drug-likeness (QED) is 0.299. The van der Waals surface area contributed by atoms with Gasteiger partial charge in [-0.1, -0.05) is 65.7 Å². The van der Waals surface area contributed by atoms with Crippen LogP contribution in [0.1, 0.15) is 30.5 Å². The van der Waals surface area contributed by atoms with E-state index in [0.29, 0.717) is 21.4 Å². The highest BCUT2D eigenvalue weighted by molar-refractivity contribution is 7.92. The van der Waals surface area contributed by atoms with Crippen LogP contribution in [0.15, 0.2) is 66.7 Å². The van der Waals surface area contributed by atoms with Gasteiger partial charge in [-0.2, -0.15) is 0 Å². The minimum Gasteiger partial charge on any atom is -0.495 e. The smallest absolute Gasteiger partial charge is 0.244 e. The molecular formula is C30H35Cl2N3O5S. The summed E-state index contributed by atoms with van der Waals surface area (Å²) in [5, 5.41) is 3.56. The van der Waals surface area contributed by atoms with Crippen molar-refractivity contribution in [3.8, 4) is 5.75 Å². The zero-order valence-corrected chi connectivity index (χ0v) is 26.1. The number of halogens is 2. The molecular weight excluding hydrogens is 585 g/mol. The molecule has 2 amide bonds. The molecule has 0 unspecified atom stereocenters. The van der Waals surface area contributed by atoms with Crippen LogP contribution in [0.5, 0.6) is 5.75 Å². The Hall–Kier alpha value is -3.27. The van der Waals surface area contributed by atoms with Crippen LogP contribution in [-0.4, -0.2) is 57.1 Å². The number of sulfonamides is 1. The number of aryl methyl sites for hydroxylation is 1. The molecule has 41 heavy (non-hydrogen) atoms. The molecule has 0 saturated heterocycles. The van der Waals surface area contributed by atoms with Gasteiger partial charge in [0.2, 0.25) is 21.8 Å². The fourth-order valence-corrected chi connectivity index (χ4v) is 5.52. The molecule has 3 aromatic carbocycles. The highest BCUT2D eigenvalue weighted by Crippen LogP contribution is 2.31. The number of benzene rings is 3. The molecule has 0 saturated carbocycles. The topological polar surface area (TPSA) is 96.0 Å². The summed E-state index contributed by atoms with van der Waals surface area (Å²) in [5.41, 5.74) is 2.47. The van der Waals surface area contributed by atoms with Gasteiger partial charge >= 0.3 is 0 Å². The van der Waals surface area contributed by atoms with Gasteiger partial charge in [-0.25, -0.2) is 8.42 Å². The number of nitrogens with zero attached hydrogens (tertiary/aromatic N) is 2. The minimum atomic E-state index is -3.94. The number of carbonyl (C=O) groups is 2. The molecule has 3 rings (SSSR count). The Morgan fingerprint density at radius 2 is 1.63 bits per heavy atom. The van der Waals surface area contributed by atoms with E-state index >= 15 is 0 Å². The second kappa shape index (κ2) is 14.1. The normalized spacial score (nSPS) is 12.1. The Kier molecular flexibility index (Phi) is 11.1. The van der Waals surface area contributed by atoms with Crippen LogP contribution in [-0.2, 0) is 32.6 Å². The molecule has 11 heteroatoms. The molecule has 0 aromatic heterocycles. The third-order valence-electron chi connectivity index (χ3n) is 6.32. The molecule has 0 bridgehead atoms. The van der Waals surface area contributed by atoms with Crippen molar-refractivity contribution >= 4 is 50.7 Å². The molecule has 0 spiro atoms. The van der Waals surface area contributed by atoms with Gasteiger partial charge in [0.1, 0.15) is 18.3 Å². The highest BCUT2D eigenvalue weighted by atomic mass is 35.5. The maximum Gasteiger partial charge on any atom is 0.244 e. The fraction of sp³-hybridized carbons (Fsp3) is 0.333. The average molecular weight is 621 g/mol. The second-order valence-electron chi connectivity index (χ2n) is 10.1. The fourth-order valence-electron chi connectivity index (χ4n) is 4.36. The summed E-state index contributed by atoms with van der Waals surface area (Å²) in [5.74, 6) is -0.649. The number of carbonyl (C=O) groups excluding carboxylic acids is 2. The molecule has 1 N–H and O–H groups in total. The first-order valence-electron chi connectivity index (χ1n) is 13.0. The summed E-state index contributed by atoms with van der Waals surface area (Å²) in [7, 11) is -2.51. The second-order valence-corrected chi connectivity index (χ2v) is 12.8. The van der Waals surface area contributed by atoms with Crippen LogP contribution >= 0.6 is 23.2 Å². The van der Waals surface area contributed by atoms with Crippen molar-refractivity contribution in [2.75, 3.05) is 24.2 Å². The van der Waals surface area contributed by atoms with Gasteiger partial charge in [-0.15, -0.1) is 0 Å². The van der Waals surface area contributed by atoms with E-state index in [1.807, 2.05) is 51.1 Å². The lowest BCUT2D eigenvalue weighted by atomic mass is 10.0. The van der Waals surface area contributed by atoms with Gasteiger partial charge in [0.15, 0.2) is 0 Å². The molecule has 0 radical (unpaired) electrons. The van der Waals surface area contributed by atoms with E-state index in [0.717, 1.165) is 21.7 Å². The summed E-state index contributed by atoms with van der Waals surface area (Å²) < 4.78 is 32.5. The monoisotopic (exact) mass is 619 g/mol. The van der Waals surface area contributed by atoms with Crippen LogP contribution in [0.4, 0.5) is 5.69 Å². The van der Waals surface area contributed by atoms with Crippen molar-refractivity contribution in [3.63, 3.8) is 0 Å². The van der Waals surface area contributed by atoms with Crippen molar-refractivity contribution in [3.05, 3.63) is 93.5 Å². The Morgan fingerprint density at radius 3 is 2.22 bits per heavy atom. The summed E-state index contributed by atoms with van der Waals surface area (Å²) in [6.07, 6.45) is 1.23. The first kappa shape index (κ1) is 32.2. The van der Waals surface area contributed by atoms with Crippen molar-refractivity contribution in [2.24, 2.45) is 0 Å². The van der Waals surface area contributed by atoms with Gasteiger partial charge in [0, 0.05) is 19.0 Å². The van der Waals surface area contributed by atoms with E-state index in [1.54, 1.807) is 36.4 Å². The molecule has 0 fully saturated rings. The predicted octanol–water partition coefficient (Wildman–Crippen LogP) is 5.24. The van der Waals surface area contributed by atoms with Crippen molar-refractivity contribution in [2.45, 2.75) is 45.8 Å². The molecule has 220 valence electrons. The molecule has 3 aromatic rings. The lowest BCUT2D eigenvalue weighted by molar-refractivity contribution is -0.140. The zero-order chi connectivity index (χ0) is 30.3. The first-order chi connectivity index (χ1) is 19.3. The molecule has 0 heterocycles. The highest BCUT2D eigenvalue weighted by Gasteiger charge is 2.34. The van der Waals surface area contributed by atoms with Crippen LogP contribution in [0.25, 0.3) is 0 Å². The molecule has 0 aliphatic heterocycles. The van der Waals surface area contributed by atoms with E-state index in [2.05, 4.69) is 5.32 Å². The number of hydrogen-bond acceptors (Lipinski definition) is 5. The van der Waals surface area contributed by atoms with Crippen LogP contribution < -0.4 is 14.4 Å². The Bertz CT molecular complexity index is 1480. The number of hydrogen-bond donors (Lipinski definition) is 1. The lowest BCUT2D eigenvalue weighted by Crippen LogP contribution is -2.54. The van der Waals surface area contributed by atoms with Gasteiger partial charge < -0.3 is 15.0 Å². The van der Waals surface area contributed by atoms with E-state index in [4.69, 9.17) is 27.9 Å². The largest absolute Gasteiger partial charge is 0.495 e. The number of rotatable bonds is 12. The Balaban J connectivity index is 2.12. The van der Waals surface area contributed by atoms with Crippen molar-refractivity contribution in [1.29, 1.82) is 0 Å². The summed E-state index contributed by atoms with van der Waals surface area (Å²) in [4.78, 5) is 29.2. The Labute approximate surface area is 252 Å². The number of ether oxygens (including phenoxy) is 1. The van der Waals surface area contributed by atoms with Crippen molar-refractivity contribution in [1.82, 2.24) is 10.2 Å². The predicted molar refractivity (Wildman–Crippen MR) is 164 cm³/mol. The number of anilines is 1. The number of methoxy groups -OCH3 is 1. The maximum atomic E-state index is 14.2. The standard InChI is InChI=1S/C30H35Cl2N3O5S/c1-20(2)33-30(37)27(17-22-9-7-6-8-10-22)34(18-23-12-13-24(31)25(32)16-23)29(36)19-35(41(5,38)39)26-15-21(3)11-14-28(26)40-4/h6-16,20,27H,17-19H2,1-5H3,(H,33,37)/t27-/m0/s1. The van der Waals surface area contributed by atoms with E-state index in [9.17, 15) is 18.0 Å². The van der Waals surface area contributed by atoms with Crippen LogP contribution in [0.2, 0.25) is 10.0 Å². The van der Waals surface area contributed by atoms with Crippen molar-refractivity contribution < 1.29 is 22.7 Å². The van der Waals surface area contributed by atoms with E-state index in [-0.39, 0.29) is 30.6 Å². The SMILES string of the molecule is COc1ccc(C)cc1N(CC(=O)N(Cc1ccc(Cl)c(Cl)c1)[C@@H](Cc1ccccc1)C(=O)NC(C)C)S(C)(=O)=O. The van der Waals surface area contributed by atoms with Gasteiger partial charge in [0.05, 0.1) is 29.1 Å². The zero-order valence-electron chi connectivity index (χ0n) is 23.7.